The maximum absolute atomic E-state index is 11.5. The van der Waals surface area contributed by atoms with Gasteiger partial charge in [-0.25, -0.2) is 4.79 Å². The lowest BCUT2D eigenvalue weighted by Gasteiger charge is -2.06. The molecule has 0 saturated heterocycles. The van der Waals surface area contributed by atoms with Gasteiger partial charge in [-0.15, -0.1) is 0 Å². The van der Waals surface area contributed by atoms with E-state index in [2.05, 4.69) is 10.1 Å². The first-order valence-corrected chi connectivity index (χ1v) is 6.67. The first-order valence-electron chi connectivity index (χ1n) is 6.67. The van der Waals surface area contributed by atoms with Crippen molar-refractivity contribution >= 4 is 17.6 Å². The molecule has 0 unspecified atom stereocenters. The fraction of sp³-hybridized carbons (Fsp3) is 0.250. The molecule has 0 aliphatic heterocycles. The van der Waals surface area contributed by atoms with Gasteiger partial charge in [0.05, 0.1) is 7.11 Å². The Balaban J connectivity index is 1.98. The summed E-state index contributed by atoms with van der Waals surface area (Å²) in [6, 6.07) is 8.56. The molecule has 6 nitrogen and oxygen atoms in total. The highest BCUT2D eigenvalue weighted by Crippen LogP contribution is 2.20. The Bertz CT molecular complexity index is 672. The predicted molar refractivity (Wildman–Crippen MR) is 79.9 cm³/mol. The number of carbonyl (C=O) groups excluding carboxylic acids is 2. The minimum Gasteiger partial charge on any atom is -0.486 e. The molecule has 1 aromatic heterocycles. The minimum atomic E-state index is -0.438. The van der Waals surface area contributed by atoms with Crippen molar-refractivity contribution in [3.63, 3.8) is 0 Å². The fourth-order valence-corrected chi connectivity index (χ4v) is 1.92. The third-order valence-electron chi connectivity index (χ3n) is 2.93. The predicted octanol–water partition coefficient (Wildman–Crippen LogP) is 2.91. The van der Waals surface area contributed by atoms with Gasteiger partial charge in [-0.3, -0.25) is 4.79 Å². The molecule has 0 fully saturated rings. The van der Waals surface area contributed by atoms with Crippen LogP contribution in [0.4, 0.5) is 5.69 Å². The second kappa shape index (κ2) is 6.80. The topological polar surface area (TPSA) is 77.8 Å². The summed E-state index contributed by atoms with van der Waals surface area (Å²) < 4.78 is 15.7. The Morgan fingerprint density at radius 1 is 1.23 bits per heavy atom. The van der Waals surface area contributed by atoms with Crippen molar-refractivity contribution in [2.75, 3.05) is 12.4 Å². The van der Waals surface area contributed by atoms with Gasteiger partial charge in [0.2, 0.25) is 5.91 Å². The molecule has 0 spiro atoms. The number of methoxy groups -OCH3 is 1. The molecular weight excluding hydrogens is 286 g/mol. The van der Waals surface area contributed by atoms with E-state index in [1.54, 1.807) is 37.3 Å². The molecule has 0 aliphatic carbocycles. The molecule has 0 aliphatic rings. The summed E-state index contributed by atoms with van der Waals surface area (Å²) in [5.74, 6) is 1.08. The van der Waals surface area contributed by atoms with Gasteiger partial charge in [0, 0.05) is 12.6 Å². The number of furan rings is 1. The van der Waals surface area contributed by atoms with Gasteiger partial charge in [0.1, 0.15) is 29.4 Å². The van der Waals surface area contributed by atoms with Gasteiger partial charge in [0.15, 0.2) is 0 Å². The maximum Gasteiger partial charge on any atom is 0.341 e. The summed E-state index contributed by atoms with van der Waals surface area (Å²) in [6.07, 6.45) is 0. The van der Waals surface area contributed by atoms with Gasteiger partial charge in [-0.2, -0.15) is 0 Å². The fourth-order valence-electron chi connectivity index (χ4n) is 1.92. The molecule has 0 radical (unpaired) electrons. The molecule has 2 aromatic rings. The van der Waals surface area contributed by atoms with Crippen LogP contribution in [0.25, 0.3) is 0 Å². The van der Waals surface area contributed by atoms with Crippen LogP contribution in [0, 0.1) is 6.92 Å². The first kappa shape index (κ1) is 15.6. The normalized spacial score (nSPS) is 10.1. The Morgan fingerprint density at radius 2 is 1.91 bits per heavy atom. The zero-order chi connectivity index (χ0) is 16.1. The number of hydrogen-bond acceptors (Lipinski definition) is 5. The number of anilines is 1. The smallest absolute Gasteiger partial charge is 0.341 e. The Morgan fingerprint density at radius 3 is 2.50 bits per heavy atom. The van der Waals surface area contributed by atoms with Gasteiger partial charge < -0.3 is 19.2 Å². The standard InChI is InChI=1S/C16H17NO5/c1-10-15(16(19)20-3)8-14(22-10)9-21-13-6-4-12(5-7-13)17-11(2)18/h4-8H,9H2,1-3H3,(H,17,18). The molecule has 1 heterocycles. The third-order valence-corrected chi connectivity index (χ3v) is 2.93. The lowest BCUT2D eigenvalue weighted by Crippen LogP contribution is -2.05. The average Bonchev–Trinajstić information content (AvgIpc) is 2.86. The van der Waals surface area contributed by atoms with E-state index in [1.807, 2.05) is 0 Å². The second-order valence-corrected chi connectivity index (χ2v) is 4.67. The third kappa shape index (κ3) is 3.88. The van der Waals surface area contributed by atoms with E-state index in [0.29, 0.717) is 28.5 Å². The largest absolute Gasteiger partial charge is 0.486 e. The lowest BCUT2D eigenvalue weighted by molar-refractivity contribution is -0.114. The van der Waals surface area contributed by atoms with Gasteiger partial charge in [0.25, 0.3) is 0 Å². The average molecular weight is 303 g/mol. The van der Waals surface area contributed by atoms with Crippen molar-refractivity contribution in [3.8, 4) is 5.75 Å². The maximum atomic E-state index is 11.5. The van der Waals surface area contributed by atoms with Crippen LogP contribution in [0.15, 0.2) is 34.7 Å². The monoisotopic (exact) mass is 303 g/mol. The zero-order valence-electron chi connectivity index (χ0n) is 12.6. The molecule has 116 valence electrons. The summed E-state index contributed by atoms with van der Waals surface area (Å²) >= 11 is 0. The number of esters is 1. The molecule has 1 amide bonds. The molecule has 0 saturated carbocycles. The number of aryl methyl sites for hydroxylation is 1. The van der Waals surface area contributed by atoms with E-state index in [-0.39, 0.29) is 12.5 Å². The van der Waals surface area contributed by atoms with Crippen LogP contribution in [-0.4, -0.2) is 19.0 Å². The van der Waals surface area contributed by atoms with Crippen LogP contribution in [0.2, 0.25) is 0 Å². The van der Waals surface area contributed by atoms with Crippen LogP contribution in [0.3, 0.4) is 0 Å². The van der Waals surface area contributed by atoms with Crippen LogP contribution in [-0.2, 0) is 16.1 Å². The molecule has 2 rings (SSSR count). The van der Waals surface area contributed by atoms with E-state index >= 15 is 0 Å². The molecular formula is C16H17NO5. The SMILES string of the molecule is COC(=O)c1cc(COc2ccc(NC(C)=O)cc2)oc1C. The van der Waals surface area contributed by atoms with Gasteiger partial charge >= 0.3 is 5.97 Å². The molecule has 0 atom stereocenters. The molecule has 6 heteroatoms. The van der Waals surface area contributed by atoms with E-state index in [1.165, 1.54) is 14.0 Å². The van der Waals surface area contributed by atoms with E-state index in [0.717, 1.165) is 0 Å². The summed E-state index contributed by atoms with van der Waals surface area (Å²) in [5, 5.41) is 2.67. The van der Waals surface area contributed by atoms with Crippen LogP contribution < -0.4 is 10.1 Å². The second-order valence-electron chi connectivity index (χ2n) is 4.67. The van der Waals surface area contributed by atoms with Gasteiger partial charge in [-0.05, 0) is 37.3 Å². The minimum absolute atomic E-state index is 0.130. The van der Waals surface area contributed by atoms with Crippen molar-refractivity contribution < 1.29 is 23.5 Å². The number of hydrogen-bond donors (Lipinski definition) is 1. The number of amides is 1. The summed E-state index contributed by atoms with van der Waals surface area (Å²) in [5.41, 5.74) is 1.09. The Kier molecular flexibility index (Phi) is 4.83. The van der Waals surface area contributed by atoms with E-state index in [4.69, 9.17) is 9.15 Å². The highest BCUT2D eigenvalue weighted by Gasteiger charge is 2.15. The Labute approximate surface area is 128 Å². The zero-order valence-corrected chi connectivity index (χ0v) is 12.6. The summed E-state index contributed by atoms with van der Waals surface area (Å²) in [7, 11) is 1.32. The highest BCUT2D eigenvalue weighted by atomic mass is 16.5. The molecule has 22 heavy (non-hydrogen) atoms. The van der Waals surface area contributed by atoms with Crippen LogP contribution >= 0.6 is 0 Å². The number of benzene rings is 1. The molecule has 1 aromatic carbocycles. The van der Waals surface area contributed by atoms with Crippen molar-refractivity contribution in [2.45, 2.75) is 20.5 Å². The van der Waals surface area contributed by atoms with Crippen LogP contribution in [0.1, 0.15) is 28.8 Å². The van der Waals surface area contributed by atoms with Crippen molar-refractivity contribution in [3.05, 3.63) is 47.4 Å². The van der Waals surface area contributed by atoms with Crippen molar-refractivity contribution in [2.24, 2.45) is 0 Å². The Hall–Kier alpha value is -2.76. The summed E-state index contributed by atoms with van der Waals surface area (Å²) in [6.45, 7) is 3.33. The lowest BCUT2D eigenvalue weighted by atomic mass is 10.2. The quantitative estimate of drug-likeness (QED) is 0.859. The van der Waals surface area contributed by atoms with E-state index < -0.39 is 5.97 Å². The van der Waals surface area contributed by atoms with Crippen molar-refractivity contribution in [1.82, 2.24) is 0 Å². The molecule has 1 N–H and O–H groups in total. The molecule has 0 bridgehead atoms. The van der Waals surface area contributed by atoms with Crippen LogP contribution in [0.5, 0.6) is 5.75 Å². The summed E-state index contributed by atoms with van der Waals surface area (Å²) in [4.78, 5) is 22.4. The highest BCUT2D eigenvalue weighted by molar-refractivity contribution is 5.90. The van der Waals surface area contributed by atoms with E-state index in [9.17, 15) is 9.59 Å². The van der Waals surface area contributed by atoms with Crippen molar-refractivity contribution in [1.29, 1.82) is 0 Å². The first-order chi connectivity index (χ1) is 10.5. The number of nitrogens with one attached hydrogen (secondary N) is 1. The number of rotatable bonds is 5. The van der Waals surface area contributed by atoms with Gasteiger partial charge in [-0.1, -0.05) is 0 Å². The number of carbonyl (C=O) groups is 2. The number of ether oxygens (including phenoxy) is 2.